The monoisotopic (exact) mass is 586 g/mol. The number of pyridine rings is 1. The smallest absolute Gasteiger partial charge is 0.257 e. The minimum atomic E-state index is -2.56. The highest BCUT2D eigenvalue weighted by molar-refractivity contribution is 14.2. The molecular weight excluding hydrogens is 564 g/mol. The van der Waals surface area contributed by atoms with E-state index in [0.717, 1.165) is 17.1 Å². The second-order valence-electron chi connectivity index (χ2n) is 7.92. The number of hydrogen-bond donors (Lipinski definition) is 1. The molecule has 1 atom stereocenters. The number of piperidine rings is 1. The van der Waals surface area contributed by atoms with E-state index in [1.807, 2.05) is 25.2 Å². The number of alkyl halides is 2. The van der Waals surface area contributed by atoms with Gasteiger partial charge in [-0.2, -0.15) is 15.3 Å². The van der Waals surface area contributed by atoms with Crippen LogP contribution in [0.5, 0.6) is 0 Å². The molecule has 33 heavy (non-hydrogen) atoms. The van der Waals surface area contributed by atoms with E-state index in [4.69, 9.17) is 4.98 Å². The van der Waals surface area contributed by atoms with Gasteiger partial charge in [0.05, 0.1) is 35.2 Å². The van der Waals surface area contributed by atoms with Gasteiger partial charge in [0.25, 0.3) is 6.43 Å². The van der Waals surface area contributed by atoms with Crippen molar-refractivity contribution < 1.29 is 13.9 Å². The molecule has 1 aliphatic rings. The predicted octanol–water partition coefficient (Wildman–Crippen LogP) is 3.71. The zero-order valence-electron chi connectivity index (χ0n) is 17.7. The van der Waals surface area contributed by atoms with Crippen LogP contribution >= 0.6 is 28.4 Å². The third-order valence-electron chi connectivity index (χ3n) is 5.84. The summed E-state index contributed by atoms with van der Waals surface area (Å²) in [7, 11) is 1.84. The Hall–Kier alpha value is -2.18. The van der Waals surface area contributed by atoms with E-state index in [9.17, 15) is 13.9 Å². The molecule has 0 radical (unpaired) electrons. The van der Waals surface area contributed by atoms with Gasteiger partial charge in [-0.15, -0.1) is 0 Å². The Morgan fingerprint density at radius 2 is 1.91 bits per heavy atom. The minimum Gasteiger partial charge on any atom is -0.393 e. The van der Waals surface area contributed by atoms with Gasteiger partial charge in [0.1, 0.15) is 23.3 Å². The number of aromatic nitrogens is 7. The normalized spacial score (nSPS) is 15.6. The van der Waals surface area contributed by atoms with Crippen molar-refractivity contribution in [2.45, 2.75) is 31.9 Å². The molecule has 1 saturated heterocycles. The molecule has 4 aromatic rings. The first-order valence-electron chi connectivity index (χ1n) is 10.5. The second kappa shape index (κ2) is 9.22. The van der Waals surface area contributed by atoms with Crippen molar-refractivity contribution in [1.29, 1.82) is 0 Å². The molecule has 0 saturated carbocycles. The highest BCUT2D eigenvalue weighted by Gasteiger charge is 2.27. The average molecular weight is 586 g/mol. The highest BCUT2D eigenvalue weighted by Crippen LogP contribution is 2.39. The highest BCUT2D eigenvalue weighted by atomic mass is 127. The van der Waals surface area contributed by atoms with Gasteiger partial charge in [-0.05, 0) is 53.1 Å². The maximum Gasteiger partial charge on any atom is 0.257 e. The van der Waals surface area contributed by atoms with E-state index in [0.29, 0.717) is 54.7 Å². The number of anilines is 1. The summed E-state index contributed by atoms with van der Waals surface area (Å²) in [6.07, 6.45) is 2.02. The van der Waals surface area contributed by atoms with Crippen LogP contribution in [0, 0.1) is 0 Å². The lowest BCUT2D eigenvalue weighted by Gasteiger charge is -2.32. The summed E-state index contributed by atoms with van der Waals surface area (Å²) < 4.78 is 32.0. The Kier molecular flexibility index (Phi) is 6.32. The summed E-state index contributed by atoms with van der Waals surface area (Å²) in [6.45, 7) is 0.702. The van der Waals surface area contributed by atoms with Crippen LogP contribution < -0.4 is 4.90 Å². The van der Waals surface area contributed by atoms with Crippen molar-refractivity contribution in [1.82, 2.24) is 34.1 Å². The Balaban J connectivity index is 1.79. The van der Waals surface area contributed by atoms with Crippen molar-refractivity contribution >= 4 is 45.1 Å². The van der Waals surface area contributed by atoms with Crippen LogP contribution in [-0.4, -0.2) is 64.8 Å². The van der Waals surface area contributed by atoms with Crippen molar-refractivity contribution in [3.05, 3.63) is 30.6 Å². The fourth-order valence-corrected chi connectivity index (χ4v) is 5.79. The van der Waals surface area contributed by atoms with Crippen LogP contribution in [0.15, 0.2) is 30.6 Å². The van der Waals surface area contributed by atoms with Gasteiger partial charge in [0, 0.05) is 32.5 Å². The summed E-state index contributed by atoms with van der Waals surface area (Å²) in [6, 6.07) is 5.62. The van der Waals surface area contributed by atoms with Crippen LogP contribution in [0.1, 0.15) is 12.8 Å². The zero-order valence-corrected chi connectivity index (χ0v) is 20.9. The van der Waals surface area contributed by atoms with Crippen molar-refractivity contribution in [3.8, 4) is 22.8 Å². The molecule has 0 aromatic carbocycles. The van der Waals surface area contributed by atoms with Crippen molar-refractivity contribution in [2.75, 3.05) is 18.0 Å². The van der Waals surface area contributed by atoms with E-state index in [-0.39, 0.29) is 6.10 Å². The summed E-state index contributed by atoms with van der Waals surface area (Å²) in [5.74, 6) is 0. The lowest BCUT2D eigenvalue weighted by Crippen LogP contribution is -2.36. The average Bonchev–Trinajstić information content (AvgIpc) is 3.52. The van der Waals surface area contributed by atoms with E-state index in [1.165, 1.54) is 4.68 Å². The molecule has 1 aliphatic heterocycles. The first-order valence-corrected chi connectivity index (χ1v) is 14.5. The van der Waals surface area contributed by atoms with Crippen LogP contribution in [0.4, 0.5) is 14.5 Å². The summed E-state index contributed by atoms with van der Waals surface area (Å²) >= 11 is 2.23. The fraction of sp³-hybridized carbons (Fsp3) is 0.400. The van der Waals surface area contributed by atoms with E-state index < -0.39 is 13.0 Å². The molecule has 5 heterocycles. The summed E-state index contributed by atoms with van der Waals surface area (Å²) in [5.41, 5.74) is 4.65. The summed E-state index contributed by atoms with van der Waals surface area (Å²) in [5, 5.41) is 23.2. The maximum atomic E-state index is 13.6. The van der Waals surface area contributed by atoms with Gasteiger partial charge in [0.2, 0.25) is 0 Å². The minimum absolute atomic E-state index is 0.325. The number of hydrogen-bond acceptors (Lipinski definition) is 6. The third kappa shape index (κ3) is 4.24. The van der Waals surface area contributed by atoms with E-state index in [2.05, 4.69) is 42.2 Å². The third-order valence-corrected chi connectivity index (χ3v) is 7.73. The number of halogens is 3. The Labute approximate surface area is 203 Å². The molecule has 1 N–H and O–H groups in total. The molecule has 0 spiro atoms. The number of fused-ring (bicyclic) bond motifs is 1. The number of aliphatic hydroxyl groups excluding tert-OH is 1. The molecule has 1 fully saturated rings. The van der Waals surface area contributed by atoms with E-state index >= 15 is 0 Å². The second-order valence-corrected chi connectivity index (χ2v) is 9.96. The molecule has 1 unspecified atom stereocenters. The maximum absolute atomic E-state index is 13.6. The SMILES string of the molecule is Cn1nccc1-c1cc(N2CCC(O)CC2)c2c(n1)c(-c1ccnn1PI)nn2CC(F)F. The number of aryl methyl sites for hydroxylation is 1. The molecular formula is C20H22F2IN8OP. The standard InChI is InChI=1S/C20H22F2IN8OP/c1-28-14(2-6-24-28)13-10-16(29-8-4-12(32)5-9-29)20-19(26-13)18(27-30(20)11-17(21)22)15-3-7-25-31(15)33-23/h2-3,6-7,10,12,17,32-33H,4-5,8-9,11H2,1H3. The summed E-state index contributed by atoms with van der Waals surface area (Å²) in [4.78, 5) is 7.03. The van der Waals surface area contributed by atoms with Gasteiger partial charge < -0.3 is 10.0 Å². The molecule has 0 bridgehead atoms. The quantitative estimate of drug-likeness (QED) is 0.274. The van der Waals surface area contributed by atoms with Gasteiger partial charge >= 0.3 is 0 Å². The number of nitrogens with zero attached hydrogens (tertiary/aromatic N) is 8. The van der Waals surface area contributed by atoms with Crippen LogP contribution in [-0.2, 0) is 13.6 Å². The first kappa shape index (κ1) is 22.6. The lowest BCUT2D eigenvalue weighted by molar-refractivity contribution is 0.123. The Bertz CT molecular complexity index is 1280. The molecule has 0 aliphatic carbocycles. The van der Waals surface area contributed by atoms with Crippen LogP contribution in [0.2, 0.25) is 0 Å². The van der Waals surface area contributed by atoms with Gasteiger partial charge in [-0.1, -0.05) is 0 Å². The molecule has 174 valence electrons. The van der Waals surface area contributed by atoms with Crippen molar-refractivity contribution in [2.24, 2.45) is 7.05 Å². The van der Waals surface area contributed by atoms with Gasteiger partial charge in [-0.25, -0.2) is 18.2 Å². The fourth-order valence-electron chi connectivity index (χ4n) is 4.25. The number of aliphatic hydroxyl groups is 1. The number of rotatable bonds is 6. The molecule has 4 aromatic heterocycles. The van der Waals surface area contributed by atoms with E-state index in [1.54, 1.807) is 21.5 Å². The molecule has 5 rings (SSSR count). The topological polar surface area (TPSA) is 89.8 Å². The molecule has 0 amide bonds. The van der Waals surface area contributed by atoms with Crippen LogP contribution in [0.25, 0.3) is 33.8 Å². The zero-order chi connectivity index (χ0) is 23.1. The Morgan fingerprint density at radius 1 is 1.18 bits per heavy atom. The Morgan fingerprint density at radius 3 is 2.58 bits per heavy atom. The van der Waals surface area contributed by atoms with Crippen molar-refractivity contribution in [3.63, 3.8) is 0 Å². The largest absolute Gasteiger partial charge is 0.393 e. The molecule has 13 heteroatoms. The van der Waals surface area contributed by atoms with Crippen LogP contribution in [0.3, 0.4) is 0 Å². The first-order chi connectivity index (χ1) is 16.0. The lowest BCUT2D eigenvalue weighted by atomic mass is 10.1. The molecule has 9 nitrogen and oxygen atoms in total. The predicted molar refractivity (Wildman–Crippen MR) is 132 cm³/mol. The van der Waals surface area contributed by atoms with Gasteiger partial charge in [-0.3, -0.25) is 9.36 Å². The van der Waals surface area contributed by atoms with Gasteiger partial charge in [0.15, 0.2) is 0 Å².